The molecule has 0 atom stereocenters. The van der Waals surface area contributed by atoms with Gasteiger partial charge in [-0.25, -0.2) is 9.50 Å². The molecule has 0 radical (unpaired) electrons. The third-order valence-corrected chi connectivity index (χ3v) is 6.28. The highest BCUT2D eigenvalue weighted by atomic mass is 79.9. The van der Waals surface area contributed by atoms with Crippen molar-refractivity contribution in [3.8, 4) is 0 Å². The fourth-order valence-electron chi connectivity index (χ4n) is 3.99. The van der Waals surface area contributed by atoms with Crippen molar-refractivity contribution >= 4 is 43.9 Å². The lowest BCUT2D eigenvalue weighted by Gasteiger charge is -2.09. The van der Waals surface area contributed by atoms with Crippen molar-refractivity contribution in [3.05, 3.63) is 82.3 Å². The molecule has 3 heterocycles. The van der Waals surface area contributed by atoms with Gasteiger partial charge in [-0.05, 0) is 51.7 Å². The predicted octanol–water partition coefficient (Wildman–Crippen LogP) is 4.69. The molecule has 0 aliphatic rings. The van der Waals surface area contributed by atoms with Gasteiger partial charge in [-0.1, -0.05) is 37.3 Å². The fourth-order valence-corrected chi connectivity index (χ4v) is 4.62. The zero-order chi connectivity index (χ0) is 21.4. The van der Waals surface area contributed by atoms with Crippen LogP contribution < -0.4 is 5.32 Å². The van der Waals surface area contributed by atoms with Gasteiger partial charge in [-0.2, -0.15) is 10.2 Å². The van der Waals surface area contributed by atoms with Crippen LogP contribution in [0, 0.1) is 0 Å². The van der Waals surface area contributed by atoms with Gasteiger partial charge in [0.05, 0.1) is 24.9 Å². The van der Waals surface area contributed by atoms with Crippen molar-refractivity contribution in [2.24, 2.45) is 0 Å². The van der Waals surface area contributed by atoms with Crippen LogP contribution in [-0.2, 0) is 19.6 Å². The summed E-state index contributed by atoms with van der Waals surface area (Å²) in [4.78, 5) is 4.47. The number of anilines is 2. The quantitative estimate of drug-likeness (QED) is 0.371. The molecule has 0 aliphatic carbocycles. The third kappa shape index (κ3) is 3.47. The van der Waals surface area contributed by atoms with E-state index in [0.717, 1.165) is 50.8 Å². The first-order valence-electron chi connectivity index (χ1n) is 10.1. The number of hydrogen-bond acceptors (Lipinski definition) is 5. The minimum absolute atomic E-state index is 0.0564. The number of fused-ring (bicyclic) bond motifs is 2. The van der Waals surface area contributed by atoms with E-state index in [-0.39, 0.29) is 6.61 Å². The zero-order valence-electron chi connectivity index (χ0n) is 17.0. The Balaban J connectivity index is 1.51. The summed E-state index contributed by atoms with van der Waals surface area (Å²) in [5.74, 6) is 0.697. The van der Waals surface area contributed by atoms with Crippen LogP contribution in [0.2, 0.25) is 0 Å². The molecule has 5 aromatic rings. The molecule has 0 amide bonds. The predicted molar refractivity (Wildman–Crippen MR) is 125 cm³/mol. The minimum Gasteiger partial charge on any atom is -0.392 e. The summed E-state index contributed by atoms with van der Waals surface area (Å²) >= 11 is 3.56. The van der Waals surface area contributed by atoms with E-state index in [1.165, 1.54) is 11.9 Å². The molecule has 0 aliphatic heterocycles. The van der Waals surface area contributed by atoms with E-state index in [1.807, 2.05) is 35.1 Å². The number of hydrogen-bond donors (Lipinski definition) is 2. The Morgan fingerprint density at radius 1 is 1.06 bits per heavy atom. The lowest BCUT2D eigenvalue weighted by atomic mass is 10.1. The maximum absolute atomic E-state index is 9.82. The second-order valence-corrected chi connectivity index (χ2v) is 8.07. The average Bonchev–Trinajstić information content (AvgIpc) is 3.32. The van der Waals surface area contributed by atoms with Gasteiger partial charge in [0.1, 0.15) is 16.4 Å². The number of benzene rings is 2. The van der Waals surface area contributed by atoms with E-state index in [9.17, 15) is 5.11 Å². The molecule has 8 heteroatoms. The largest absolute Gasteiger partial charge is 0.392 e. The standard InChI is InChI=1S/C23H21BrN6O/c1-2-18-19(13-31)22(24)30-21(18)23(25-14-27-30)28-17-8-9-20-16(10-17)11-26-29(20)12-15-6-4-3-5-7-15/h3-11,14,31H,2,12-13H2,1H3,(H,25,27,28). The summed E-state index contributed by atoms with van der Waals surface area (Å²) in [5, 5.41) is 23.2. The van der Waals surface area contributed by atoms with Crippen LogP contribution in [0.4, 0.5) is 11.5 Å². The van der Waals surface area contributed by atoms with Gasteiger partial charge in [-0.15, -0.1) is 0 Å². The van der Waals surface area contributed by atoms with Crippen molar-refractivity contribution in [1.29, 1.82) is 0 Å². The first-order chi connectivity index (χ1) is 15.2. The molecule has 2 N–H and O–H groups in total. The number of rotatable bonds is 6. The molecule has 0 spiro atoms. The van der Waals surface area contributed by atoms with Gasteiger partial charge >= 0.3 is 0 Å². The molecular formula is C23H21BrN6O. The summed E-state index contributed by atoms with van der Waals surface area (Å²) < 4.78 is 4.53. The van der Waals surface area contributed by atoms with E-state index >= 15 is 0 Å². The summed E-state index contributed by atoms with van der Waals surface area (Å²) in [6.07, 6.45) is 4.16. The zero-order valence-corrected chi connectivity index (χ0v) is 18.5. The Hall–Kier alpha value is -3.23. The van der Waals surface area contributed by atoms with E-state index in [0.29, 0.717) is 5.82 Å². The lowest BCUT2D eigenvalue weighted by molar-refractivity contribution is 0.280. The SMILES string of the molecule is CCc1c(CO)c(Br)n2ncnc(Nc3ccc4c(cnn4Cc4ccccc4)c3)c12. The van der Waals surface area contributed by atoms with Crippen molar-refractivity contribution < 1.29 is 5.11 Å². The molecule has 0 bridgehead atoms. The summed E-state index contributed by atoms with van der Waals surface area (Å²) in [6.45, 7) is 2.73. The van der Waals surface area contributed by atoms with Crippen LogP contribution in [-0.4, -0.2) is 29.5 Å². The summed E-state index contributed by atoms with van der Waals surface area (Å²) in [5.41, 5.74) is 5.92. The van der Waals surface area contributed by atoms with E-state index < -0.39 is 0 Å². The number of aromatic nitrogens is 5. The number of halogens is 1. The van der Waals surface area contributed by atoms with Crippen LogP contribution in [0.5, 0.6) is 0 Å². The highest BCUT2D eigenvalue weighted by Gasteiger charge is 2.19. The van der Waals surface area contributed by atoms with Crippen molar-refractivity contribution in [1.82, 2.24) is 24.4 Å². The maximum atomic E-state index is 9.82. The topological polar surface area (TPSA) is 80.3 Å². The second-order valence-electron chi connectivity index (χ2n) is 7.32. The second kappa shape index (κ2) is 8.13. The highest BCUT2D eigenvalue weighted by molar-refractivity contribution is 9.10. The molecule has 5 rings (SSSR count). The van der Waals surface area contributed by atoms with E-state index in [4.69, 9.17) is 0 Å². The van der Waals surface area contributed by atoms with Crippen LogP contribution in [0.15, 0.2) is 65.7 Å². The minimum atomic E-state index is -0.0564. The Morgan fingerprint density at radius 2 is 1.90 bits per heavy atom. The van der Waals surface area contributed by atoms with Crippen LogP contribution in [0.3, 0.4) is 0 Å². The molecule has 31 heavy (non-hydrogen) atoms. The smallest absolute Gasteiger partial charge is 0.158 e. The number of nitrogens with zero attached hydrogens (tertiary/aromatic N) is 5. The van der Waals surface area contributed by atoms with Gasteiger partial charge in [0.2, 0.25) is 0 Å². The van der Waals surface area contributed by atoms with E-state index in [2.05, 4.69) is 67.6 Å². The summed E-state index contributed by atoms with van der Waals surface area (Å²) in [6, 6.07) is 16.5. The third-order valence-electron chi connectivity index (χ3n) is 5.47. The Bertz CT molecular complexity index is 1380. The molecular weight excluding hydrogens is 456 g/mol. The molecule has 156 valence electrons. The van der Waals surface area contributed by atoms with E-state index in [1.54, 1.807) is 4.52 Å². The summed E-state index contributed by atoms with van der Waals surface area (Å²) in [7, 11) is 0. The highest BCUT2D eigenvalue weighted by Crippen LogP contribution is 2.33. The average molecular weight is 477 g/mol. The van der Waals surface area contributed by atoms with Crippen molar-refractivity contribution in [2.75, 3.05) is 5.32 Å². The van der Waals surface area contributed by atoms with Gasteiger partial charge in [-0.3, -0.25) is 4.68 Å². The first-order valence-corrected chi connectivity index (χ1v) is 10.9. The maximum Gasteiger partial charge on any atom is 0.158 e. The number of nitrogens with one attached hydrogen (secondary N) is 1. The Morgan fingerprint density at radius 3 is 2.68 bits per heavy atom. The number of aliphatic hydroxyl groups is 1. The van der Waals surface area contributed by atoms with Crippen LogP contribution in [0.1, 0.15) is 23.6 Å². The lowest BCUT2D eigenvalue weighted by Crippen LogP contribution is -2.02. The van der Waals surface area contributed by atoms with Crippen LogP contribution >= 0.6 is 15.9 Å². The molecule has 7 nitrogen and oxygen atoms in total. The normalized spacial score (nSPS) is 11.5. The molecule has 0 saturated heterocycles. The van der Waals surface area contributed by atoms with Crippen molar-refractivity contribution in [2.45, 2.75) is 26.5 Å². The van der Waals surface area contributed by atoms with Crippen molar-refractivity contribution in [3.63, 3.8) is 0 Å². The molecule has 0 unspecified atom stereocenters. The monoisotopic (exact) mass is 476 g/mol. The van der Waals surface area contributed by atoms with Gasteiger partial charge in [0.15, 0.2) is 5.82 Å². The van der Waals surface area contributed by atoms with Crippen LogP contribution in [0.25, 0.3) is 16.4 Å². The Kier molecular flexibility index (Phi) is 5.17. The molecule has 2 aromatic carbocycles. The first kappa shape index (κ1) is 19.7. The molecule has 3 aromatic heterocycles. The van der Waals surface area contributed by atoms with Gasteiger partial charge in [0.25, 0.3) is 0 Å². The van der Waals surface area contributed by atoms with Gasteiger partial charge < -0.3 is 10.4 Å². The number of aryl methyl sites for hydroxylation is 1. The molecule has 0 fully saturated rings. The number of aliphatic hydroxyl groups excluding tert-OH is 1. The molecule has 0 saturated carbocycles. The fraction of sp³-hybridized carbons (Fsp3) is 0.174. The Labute approximate surface area is 187 Å². The van der Waals surface area contributed by atoms with Gasteiger partial charge in [0, 0.05) is 16.6 Å².